The van der Waals surface area contributed by atoms with Crippen LogP contribution in [0.1, 0.15) is 20.8 Å². The molecule has 0 atom stereocenters. The van der Waals surface area contributed by atoms with Crippen LogP contribution < -0.4 is 20.7 Å². The Morgan fingerprint density at radius 3 is 2.58 bits per heavy atom. The summed E-state index contributed by atoms with van der Waals surface area (Å²) in [5.74, 6) is -0.775. The molecule has 0 bridgehead atoms. The summed E-state index contributed by atoms with van der Waals surface area (Å²) in [6, 6.07) is 7.76. The van der Waals surface area contributed by atoms with Gasteiger partial charge in [-0.3, -0.25) is 9.59 Å². The molecule has 0 spiro atoms. The van der Waals surface area contributed by atoms with Gasteiger partial charge in [0.2, 0.25) is 11.8 Å². The first-order valence-corrected chi connectivity index (χ1v) is 12.9. The topological polar surface area (TPSA) is 135 Å². The van der Waals surface area contributed by atoms with E-state index in [0.29, 0.717) is 26.9 Å². The maximum absolute atomic E-state index is 14.4. The lowest BCUT2D eigenvalue weighted by molar-refractivity contribution is -0.122. The Morgan fingerprint density at radius 1 is 1.15 bits per heavy atom. The molecule has 0 saturated carbocycles. The van der Waals surface area contributed by atoms with Gasteiger partial charge in [-0.05, 0) is 51.1 Å². The number of aromatic nitrogens is 2. The van der Waals surface area contributed by atoms with Crippen molar-refractivity contribution < 1.29 is 28.2 Å². The van der Waals surface area contributed by atoms with Crippen LogP contribution in [0.5, 0.6) is 5.75 Å². The van der Waals surface area contributed by atoms with Gasteiger partial charge in [-0.2, -0.15) is 0 Å². The molecule has 13 heteroatoms. The number of hydrogen-bond acceptors (Lipinski definition) is 8. The molecule has 0 radical (unpaired) electrons. The molecule has 3 N–H and O–H groups in total. The number of nitrogens with one attached hydrogen (secondary N) is 3. The first-order chi connectivity index (χ1) is 18.9. The third kappa shape index (κ3) is 8.63. The fourth-order valence-corrected chi connectivity index (χ4v) is 3.66. The monoisotopic (exact) mass is 616 g/mol. The summed E-state index contributed by atoms with van der Waals surface area (Å²) in [6.07, 6.45) is 1.80. The molecular formula is C27H30BrFN6O5. The number of likely N-dealkylation sites (N-methyl/N-ethyl adjacent to an activating group) is 1. The zero-order chi connectivity index (χ0) is 29.4. The molecule has 3 amide bonds. The maximum atomic E-state index is 14.4. The fraction of sp³-hybridized carbons (Fsp3) is 0.296. The lowest BCUT2D eigenvalue weighted by Gasteiger charge is -2.24. The highest BCUT2D eigenvalue weighted by molar-refractivity contribution is 9.10. The highest BCUT2D eigenvalue weighted by Crippen LogP contribution is 2.34. The molecule has 0 aliphatic rings. The van der Waals surface area contributed by atoms with E-state index in [1.807, 2.05) is 0 Å². The smallest absolute Gasteiger partial charge is 0.410 e. The van der Waals surface area contributed by atoms with Crippen molar-refractivity contribution in [2.75, 3.05) is 37.4 Å². The largest absolute Gasteiger partial charge is 0.489 e. The second-order valence-corrected chi connectivity index (χ2v) is 10.5. The van der Waals surface area contributed by atoms with Gasteiger partial charge in [0.15, 0.2) is 0 Å². The van der Waals surface area contributed by atoms with Crippen molar-refractivity contribution in [1.29, 1.82) is 0 Å². The molecule has 2 aromatic carbocycles. The molecule has 11 nitrogen and oxygen atoms in total. The Morgan fingerprint density at radius 2 is 1.90 bits per heavy atom. The third-order valence-electron chi connectivity index (χ3n) is 5.13. The van der Waals surface area contributed by atoms with Gasteiger partial charge in [0.1, 0.15) is 42.5 Å². The number of anilines is 3. The number of nitrogens with zero attached hydrogens (tertiary/aromatic N) is 3. The molecule has 3 rings (SSSR count). The van der Waals surface area contributed by atoms with Crippen molar-refractivity contribution >= 4 is 61.9 Å². The predicted molar refractivity (Wildman–Crippen MR) is 153 cm³/mol. The van der Waals surface area contributed by atoms with Gasteiger partial charge in [0, 0.05) is 23.0 Å². The van der Waals surface area contributed by atoms with Crippen LogP contribution in [0.25, 0.3) is 10.9 Å². The van der Waals surface area contributed by atoms with Crippen molar-refractivity contribution in [1.82, 2.24) is 20.2 Å². The van der Waals surface area contributed by atoms with Crippen LogP contribution >= 0.6 is 15.9 Å². The first-order valence-electron chi connectivity index (χ1n) is 12.1. The minimum absolute atomic E-state index is 0.0463. The summed E-state index contributed by atoms with van der Waals surface area (Å²) in [5, 5.41) is 8.79. The first kappa shape index (κ1) is 30.3. The average molecular weight is 617 g/mol. The van der Waals surface area contributed by atoms with E-state index in [1.165, 1.54) is 24.3 Å². The maximum Gasteiger partial charge on any atom is 0.410 e. The van der Waals surface area contributed by atoms with E-state index in [9.17, 15) is 18.8 Å². The lowest BCUT2D eigenvalue weighted by atomic mass is 10.1. The Bertz CT molecular complexity index is 1430. The number of halogens is 2. The van der Waals surface area contributed by atoms with Gasteiger partial charge in [-0.25, -0.2) is 19.2 Å². The summed E-state index contributed by atoms with van der Waals surface area (Å²) in [4.78, 5) is 46.1. The summed E-state index contributed by atoms with van der Waals surface area (Å²) < 4.78 is 26.1. The van der Waals surface area contributed by atoms with Crippen LogP contribution in [-0.4, -0.2) is 65.1 Å². The van der Waals surface area contributed by atoms with Crippen LogP contribution in [0.4, 0.5) is 26.4 Å². The second-order valence-electron chi connectivity index (χ2n) is 9.57. The van der Waals surface area contributed by atoms with Gasteiger partial charge < -0.3 is 30.3 Å². The van der Waals surface area contributed by atoms with E-state index in [-0.39, 0.29) is 31.1 Å². The van der Waals surface area contributed by atoms with E-state index in [0.717, 1.165) is 6.08 Å². The van der Waals surface area contributed by atoms with Crippen molar-refractivity contribution in [2.45, 2.75) is 26.4 Å². The summed E-state index contributed by atoms with van der Waals surface area (Å²) in [7, 11) is 1.46. The van der Waals surface area contributed by atoms with E-state index >= 15 is 0 Å². The minimum atomic E-state index is -0.675. The number of hydrogen-bond donors (Lipinski definition) is 3. The van der Waals surface area contributed by atoms with E-state index in [1.54, 1.807) is 45.0 Å². The molecule has 212 valence electrons. The molecule has 0 aliphatic carbocycles. The predicted octanol–water partition coefficient (Wildman–Crippen LogP) is 4.76. The van der Waals surface area contributed by atoms with Crippen LogP contribution in [0.15, 0.2) is 53.8 Å². The number of rotatable bonds is 10. The number of amides is 3. The quantitative estimate of drug-likeness (QED) is 0.219. The second kappa shape index (κ2) is 13.2. The summed E-state index contributed by atoms with van der Waals surface area (Å²) >= 11 is 3.23. The van der Waals surface area contributed by atoms with Gasteiger partial charge in [0.25, 0.3) is 0 Å². The SMILES string of the molecule is C=CC(=O)Nc1cc2c(Nc3ccc(Br)cc3F)ncnc2cc1OCCNC(=O)CN(C)C(=O)OC(C)(C)C. The standard InChI is InChI=1S/C27H30BrFN6O5/c1-6-23(36)33-21-12-17-20(31-15-32-25(17)34-19-8-7-16(28)11-18(19)29)13-22(21)39-10-9-30-24(37)14-35(5)26(38)40-27(2,3)4/h6-8,11-13,15H,1,9-10,14H2,2-5H3,(H,30,37)(H,33,36)(H,31,32,34). The molecule has 1 heterocycles. The Labute approximate surface area is 239 Å². The zero-order valence-electron chi connectivity index (χ0n) is 22.5. The average Bonchev–Trinajstić information content (AvgIpc) is 2.87. The van der Waals surface area contributed by atoms with Crippen LogP contribution in [0, 0.1) is 5.82 Å². The highest BCUT2D eigenvalue weighted by atomic mass is 79.9. The number of carbonyl (C=O) groups excluding carboxylic acids is 3. The lowest BCUT2D eigenvalue weighted by Crippen LogP contribution is -2.41. The fourth-order valence-electron chi connectivity index (χ4n) is 3.33. The molecule has 0 aliphatic heterocycles. The minimum Gasteiger partial charge on any atom is -0.489 e. The molecule has 40 heavy (non-hydrogen) atoms. The molecule has 0 fully saturated rings. The number of benzene rings is 2. The van der Waals surface area contributed by atoms with E-state index < -0.39 is 29.3 Å². The Kier molecular flexibility index (Phi) is 9.99. The van der Waals surface area contributed by atoms with Gasteiger partial charge in [0.05, 0.1) is 23.4 Å². The van der Waals surface area contributed by atoms with Gasteiger partial charge in [-0.1, -0.05) is 22.5 Å². The van der Waals surface area contributed by atoms with Crippen molar-refractivity contribution in [2.24, 2.45) is 0 Å². The van der Waals surface area contributed by atoms with Crippen molar-refractivity contribution in [3.63, 3.8) is 0 Å². The molecule has 3 aromatic rings. The number of ether oxygens (including phenoxy) is 2. The number of fused-ring (bicyclic) bond motifs is 1. The Balaban J connectivity index is 1.72. The van der Waals surface area contributed by atoms with E-state index in [4.69, 9.17) is 9.47 Å². The normalized spacial score (nSPS) is 10.9. The molecule has 1 aromatic heterocycles. The summed E-state index contributed by atoms with van der Waals surface area (Å²) in [5.41, 5.74) is 0.283. The highest BCUT2D eigenvalue weighted by Gasteiger charge is 2.21. The Hall–Kier alpha value is -4.26. The molecule has 0 unspecified atom stereocenters. The molecular weight excluding hydrogens is 587 g/mol. The van der Waals surface area contributed by atoms with E-state index in [2.05, 4.69) is 48.4 Å². The van der Waals surface area contributed by atoms with Crippen LogP contribution in [0.2, 0.25) is 0 Å². The third-order valence-corrected chi connectivity index (χ3v) is 5.63. The van der Waals surface area contributed by atoms with Crippen molar-refractivity contribution in [3.05, 3.63) is 59.6 Å². The van der Waals surface area contributed by atoms with Crippen LogP contribution in [-0.2, 0) is 14.3 Å². The van der Waals surface area contributed by atoms with Gasteiger partial charge >= 0.3 is 6.09 Å². The summed E-state index contributed by atoms with van der Waals surface area (Å²) in [6.45, 7) is 8.65. The zero-order valence-corrected chi connectivity index (χ0v) is 24.1. The number of carbonyl (C=O) groups is 3. The van der Waals surface area contributed by atoms with Gasteiger partial charge in [-0.15, -0.1) is 0 Å². The molecule has 0 saturated heterocycles. The van der Waals surface area contributed by atoms with Crippen molar-refractivity contribution in [3.8, 4) is 5.75 Å². The van der Waals surface area contributed by atoms with Crippen LogP contribution in [0.3, 0.4) is 0 Å².